The lowest BCUT2D eigenvalue weighted by Crippen LogP contribution is -2.28. The summed E-state index contributed by atoms with van der Waals surface area (Å²) in [5, 5.41) is 9.28. The molecule has 0 saturated carbocycles. The Balaban J connectivity index is 0.00000342. The second kappa shape index (κ2) is 9.68. The summed E-state index contributed by atoms with van der Waals surface area (Å²) in [6.45, 7) is 1.71. The molecule has 1 saturated heterocycles. The molecule has 186 valence electrons. The summed E-state index contributed by atoms with van der Waals surface area (Å²) in [4.78, 5) is 28.1. The Kier molecular flexibility index (Phi) is 7.08. The molecule has 1 aliphatic heterocycles. The van der Waals surface area contributed by atoms with Crippen LogP contribution in [0.4, 0.5) is 27.8 Å². The first-order valence-electron chi connectivity index (χ1n) is 9.86. The summed E-state index contributed by atoms with van der Waals surface area (Å²) in [7, 11) is 0. The number of aromatic nitrogens is 3. The molecule has 0 radical (unpaired) electrons. The van der Waals surface area contributed by atoms with Gasteiger partial charge in [-0.15, -0.1) is 18.3 Å². The van der Waals surface area contributed by atoms with Gasteiger partial charge in [-0.05, 0) is 12.1 Å². The van der Waals surface area contributed by atoms with Gasteiger partial charge in [-0.2, -0.15) is 0 Å². The quantitative estimate of drug-likeness (QED) is 0.518. The maximum atomic E-state index is 14.1. The number of halogens is 5. The zero-order valence-electron chi connectivity index (χ0n) is 17.4. The van der Waals surface area contributed by atoms with E-state index in [4.69, 9.17) is 0 Å². The Bertz CT molecular complexity index is 1260. The predicted octanol–water partition coefficient (Wildman–Crippen LogP) is 4.07. The summed E-state index contributed by atoms with van der Waals surface area (Å²) < 4.78 is 70.8. The molecule has 3 heterocycles. The molecule has 13 heteroatoms. The van der Waals surface area contributed by atoms with Gasteiger partial charge in [0.15, 0.2) is 5.82 Å². The predicted molar refractivity (Wildman–Crippen MR) is 114 cm³/mol. The second-order valence-electron chi connectivity index (χ2n) is 7.54. The third-order valence-corrected chi connectivity index (χ3v) is 5.15. The van der Waals surface area contributed by atoms with Crippen molar-refractivity contribution in [2.45, 2.75) is 20.7 Å². The van der Waals surface area contributed by atoms with Gasteiger partial charge in [0.05, 0.1) is 29.7 Å². The van der Waals surface area contributed by atoms with Crippen molar-refractivity contribution in [1.29, 1.82) is 0 Å². The monoisotopic (exact) mass is 497 g/mol. The number of hydrogen-bond donors (Lipinski definition) is 2. The number of nitrogens with zero attached hydrogens (tertiary/aromatic N) is 3. The van der Waals surface area contributed by atoms with Crippen LogP contribution in [0.3, 0.4) is 0 Å². The number of benzene rings is 1. The van der Waals surface area contributed by atoms with Crippen molar-refractivity contribution in [2.75, 3.05) is 11.9 Å². The van der Waals surface area contributed by atoms with Crippen LogP contribution in [0.5, 0.6) is 5.75 Å². The summed E-state index contributed by atoms with van der Waals surface area (Å²) >= 11 is 0. The molecule has 2 amide bonds. The molecule has 2 aromatic heterocycles. The van der Waals surface area contributed by atoms with Gasteiger partial charge in [-0.3, -0.25) is 14.6 Å². The Hall–Kier alpha value is -4.03. The SMILES string of the molecule is C.C[C@H]1C(=O)NC[C@@H]1C(=O)Nc1cc(-c2cc(F)cc(OC(F)(F)F)c2)n(-c2cncc(F)c2)n1. The molecule has 2 atom stereocenters. The van der Waals surface area contributed by atoms with Crippen molar-refractivity contribution in [3.63, 3.8) is 0 Å². The van der Waals surface area contributed by atoms with Crippen molar-refractivity contribution >= 4 is 17.6 Å². The van der Waals surface area contributed by atoms with E-state index in [0.717, 1.165) is 29.1 Å². The molecule has 1 fully saturated rings. The van der Waals surface area contributed by atoms with E-state index in [1.54, 1.807) is 6.92 Å². The van der Waals surface area contributed by atoms with Crippen LogP contribution in [0, 0.1) is 23.5 Å². The van der Waals surface area contributed by atoms with Crippen molar-refractivity contribution in [1.82, 2.24) is 20.1 Å². The van der Waals surface area contributed by atoms with Gasteiger partial charge < -0.3 is 15.4 Å². The van der Waals surface area contributed by atoms with E-state index in [9.17, 15) is 31.5 Å². The molecule has 35 heavy (non-hydrogen) atoms. The average molecular weight is 497 g/mol. The standard InChI is InChI=1S/C21H16F5N5O3.CH4/c1-10-16(9-28-19(10)32)20(33)29-18-6-17(31(30-18)14-4-13(23)7-27-8-14)11-2-12(22)5-15(3-11)34-21(24,25)26;/h2-8,10,16H,9H2,1H3,(H,28,32)(H,29,30,33);1H4/t10-,16+;/m1./s1. The minimum Gasteiger partial charge on any atom is -0.406 e. The third-order valence-electron chi connectivity index (χ3n) is 5.15. The summed E-state index contributed by atoms with van der Waals surface area (Å²) in [5.41, 5.74) is -0.0189. The second-order valence-corrected chi connectivity index (χ2v) is 7.54. The molecule has 0 unspecified atom stereocenters. The van der Waals surface area contributed by atoms with E-state index in [0.29, 0.717) is 6.07 Å². The van der Waals surface area contributed by atoms with Gasteiger partial charge in [0.25, 0.3) is 0 Å². The van der Waals surface area contributed by atoms with Crippen molar-refractivity contribution in [3.8, 4) is 22.7 Å². The maximum Gasteiger partial charge on any atom is 0.573 e. The fourth-order valence-electron chi connectivity index (χ4n) is 3.53. The van der Waals surface area contributed by atoms with E-state index in [2.05, 4.69) is 25.5 Å². The van der Waals surface area contributed by atoms with Crippen LogP contribution >= 0.6 is 0 Å². The highest BCUT2D eigenvalue weighted by Gasteiger charge is 2.36. The number of rotatable bonds is 5. The molecular formula is C22H20F5N5O3. The van der Waals surface area contributed by atoms with E-state index < -0.39 is 41.5 Å². The molecule has 0 aliphatic carbocycles. The van der Waals surface area contributed by atoms with Crippen LogP contribution in [0.1, 0.15) is 14.4 Å². The molecule has 0 spiro atoms. The fourth-order valence-corrected chi connectivity index (χ4v) is 3.53. The summed E-state index contributed by atoms with van der Waals surface area (Å²) in [6.07, 6.45) is -2.90. The van der Waals surface area contributed by atoms with E-state index in [1.165, 1.54) is 12.3 Å². The lowest BCUT2D eigenvalue weighted by atomic mass is 9.97. The summed E-state index contributed by atoms with van der Waals surface area (Å²) in [6, 6.07) is 4.71. The smallest absolute Gasteiger partial charge is 0.406 e. The van der Waals surface area contributed by atoms with Crippen molar-refractivity contribution in [3.05, 3.63) is 54.4 Å². The Morgan fingerprint density at radius 1 is 1.14 bits per heavy atom. The number of amides is 2. The lowest BCUT2D eigenvalue weighted by molar-refractivity contribution is -0.274. The fraction of sp³-hybridized carbons (Fsp3) is 0.273. The van der Waals surface area contributed by atoms with Gasteiger partial charge in [0.2, 0.25) is 11.8 Å². The highest BCUT2D eigenvalue weighted by Crippen LogP contribution is 2.32. The molecule has 1 aliphatic rings. The van der Waals surface area contributed by atoms with Gasteiger partial charge in [-0.25, -0.2) is 13.5 Å². The number of ether oxygens (including phenoxy) is 1. The number of carbonyl (C=O) groups is 2. The van der Waals surface area contributed by atoms with Crippen molar-refractivity contribution < 1.29 is 36.3 Å². The zero-order valence-corrected chi connectivity index (χ0v) is 17.4. The number of hydrogen-bond acceptors (Lipinski definition) is 5. The molecule has 3 aromatic rings. The highest BCUT2D eigenvalue weighted by molar-refractivity contribution is 5.98. The Labute approximate surface area is 196 Å². The molecular weight excluding hydrogens is 477 g/mol. The maximum absolute atomic E-state index is 14.1. The molecule has 0 bridgehead atoms. The van der Waals surface area contributed by atoms with Crippen LogP contribution in [0.15, 0.2) is 42.7 Å². The molecule has 1 aromatic carbocycles. The highest BCUT2D eigenvalue weighted by atomic mass is 19.4. The lowest BCUT2D eigenvalue weighted by Gasteiger charge is -2.12. The topological polar surface area (TPSA) is 98.1 Å². The van der Waals surface area contributed by atoms with Crippen LogP contribution < -0.4 is 15.4 Å². The van der Waals surface area contributed by atoms with E-state index >= 15 is 0 Å². The Morgan fingerprint density at radius 2 is 1.89 bits per heavy atom. The number of nitrogens with one attached hydrogen (secondary N) is 2. The van der Waals surface area contributed by atoms with Crippen LogP contribution in [-0.4, -0.2) is 39.5 Å². The minimum atomic E-state index is -5.06. The minimum absolute atomic E-state index is 0. The molecule has 2 N–H and O–H groups in total. The zero-order chi connectivity index (χ0) is 24.6. The summed E-state index contributed by atoms with van der Waals surface area (Å²) in [5.74, 6) is -4.71. The van der Waals surface area contributed by atoms with Crippen LogP contribution in [0.25, 0.3) is 16.9 Å². The van der Waals surface area contributed by atoms with Crippen molar-refractivity contribution in [2.24, 2.45) is 11.8 Å². The normalized spacial score (nSPS) is 17.5. The first kappa shape index (κ1) is 25.6. The average Bonchev–Trinajstić information content (AvgIpc) is 3.30. The van der Waals surface area contributed by atoms with Gasteiger partial charge in [0.1, 0.15) is 17.4 Å². The van der Waals surface area contributed by atoms with Gasteiger partial charge >= 0.3 is 6.36 Å². The Morgan fingerprint density at radius 3 is 2.51 bits per heavy atom. The van der Waals surface area contributed by atoms with Gasteiger partial charge in [-0.1, -0.05) is 14.4 Å². The first-order chi connectivity index (χ1) is 16.0. The third kappa shape index (κ3) is 5.73. The van der Waals surface area contributed by atoms with Gasteiger partial charge in [0, 0.05) is 36.2 Å². The molecule has 4 rings (SSSR count). The largest absolute Gasteiger partial charge is 0.573 e. The van der Waals surface area contributed by atoms with Crippen LogP contribution in [-0.2, 0) is 9.59 Å². The van der Waals surface area contributed by atoms with E-state index in [-0.39, 0.29) is 42.6 Å². The van der Waals surface area contributed by atoms with E-state index in [1.807, 2.05) is 0 Å². The number of carbonyl (C=O) groups excluding carboxylic acids is 2. The number of alkyl halides is 3. The number of anilines is 1. The van der Waals surface area contributed by atoms with Crippen LogP contribution in [0.2, 0.25) is 0 Å². The first-order valence-corrected chi connectivity index (χ1v) is 9.86. The number of pyridine rings is 1. The molecule has 8 nitrogen and oxygen atoms in total.